The molecule has 1 aliphatic rings. The van der Waals surface area contributed by atoms with Crippen LogP contribution >= 0.6 is 0 Å². The third-order valence-electron chi connectivity index (χ3n) is 1.96. The molecule has 0 bridgehead atoms. The molecule has 0 aromatic heterocycles. The first-order valence-electron chi connectivity index (χ1n) is 4.60. The van der Waals surface area contributed by atoms with E-state index in [4.69, 9.17) is 10.5 Å². The quantitative estimate of drug-likeness (QED) is 0.543. The summed E-state index contributed by atoms with van der Waals surface area (Å²) in [5.74, 6) is -0.497. The zero-order valence-electron chi connectivity index (χ0n) is 7.91. The molecule has 1 unspecified atom stereocenters. The Morgan fingerprint density at radius 1 is 1.57 bits per heavy atom. The van der Waals surface area contributed by atoms with Gasteiger partial charge in [-0.15, -0.1) is 0 Å². The van der Waals surface area contributed by atoms with Gasteiger partial charge in [-0.1, -0.05) is 0 Å². The van der Waals surface area contributed by atoms with Crippen molar-refractivity contribution in [3.05, 3.63) is 0 Å². The van der Waals surface area contributed by atoms with Gasteiger partial charge in [-0.3, -0.25) is 10.1 Å². The summed E-state index contributed by atoms with van der Waals surface area (Å²) < 4.78 is 5.26. The van der Waals surface area contributed by atoms with Crippen molar-refractivity contribution in [1.29, 1.82) is 0 Å². The summed E-state index contributed by atoms with van der Waals surface area (Å²) in [5.41, 5.74) is 4.76. The number of imide groups is 1. The molecule has 0 aliphatic carbocycles. The third-order valence-corrected chi connectivity index (χ3v) is 1.96. The number of ether oxygens (including phenoxy) is 1. The van der Waals surface area contributed by atoms with Crippen LogP contribution in [-0.4, -0.2) is 37.7 Å². The van der Waals surface area contributed by atoms with Crippen molar-refractivity contribution in [2.24, 2.45) is 5.73 Å². The number of urea groups is 1. The lowest BCUT2D eigenvalue weighted by Crippen LogP contribution is -2.41. The van der Waals surface area contributed by atoms with Gasteiger partial charge >= 0.3 is 6.03 Å². The third kappa shape index (κ3) is 4.20. The number of nitrogens with one attached hydrogen (secondary N) is 2. The second-order valence-electron chi connectivity index (χ2n) is 3.19. The molecule has 0 aromatic rings. The molecule has 6 nitrogen and oxygen atoms in total. The van der Waals surface area contributed by atoms with E-state index in [-0.39, 0.29) is 12.7 Å². The summed E-state index contributed by atoms with van der Waals surface area (Å²) in [4.78, 5) is 21.2. The van der Waals surface area contributed by atoms with Gasteiger partial charge in [-0.2, -0.15) is 0 Å². The Morgan fingerprint density at radius 3 is 2.93 bits per heavy atom. The number of piperidine rings is 1. The van der Waals surface area contributed by atoms with Crippen LogP contribution in [0.5, 0.6) is 0 Å². The smallest absolute Gasteiger partial charge is 0.318 e. The summed E-state index contributed by atoms with van der Waals surface area (Å²) in [6.07, 6.45) is 2.04. The topological polar surface area (TPSA) is 93.5 Å². The number of carbonyl (C=O) groups excluding carboxylic acids is 2. The fourth-order valence-corrected chi connectivity index (χ4v) is 1.33. The van der Waals surface area contributed by atoms with Crippen LogP contribution in [0.2, 0.25) is 0 Å². The molecule has 0 aromatic carbocycles. The molecular formula is C8H15N3O3. The van der Waals surface area contributed by atoms with Crippen molar-refractivity contribution in [2.75, 3.05) is 19.7 Å². The van der Waals surface area contributed by atoms with Gasteiger partial charge < -0.3 is 15.8 Å². The molecule has 0 spiro atoms. The monoisotopic (exact) mass is 201 g/mol. The Balaban J connectivity index is 2.12. The first-order valence-corrected chi connectivity index (χ1v) is 4.60. The molecule has 1 saturated heterocycles. The highest BCUT2D eigenvalue weighted by molar-refractivity contribution is 5.94. The van der Waals surface area contributed by atoms with Crippen molar-refractivity contribution in [3.8, 4) is 0 Å². The minimum absolute atomic E-state index is 0.0578. The zero-order chi connectivity index (χ0) is 10.4. The number of rotatable bonds is 3. The van der Waals surface area contributed by atoms with Gasteiger partial charge in [0.05, 0.1) is 6.10 Å². The van der Waals surface area contributed by atoms with Crippen molar-refractivity contribution in [3.63, 3.8) is 0 Å². The number of hydrogen-bond acceptors (Lipinski definition) is 4. The molecule has 1 aliphatic heterocycles. The zero-order valence-corrected chi connectivity index (χ0v) is 7.91. The number of nitrogens with two attached hydrogens (primary N) is 1. The van der Waals surface area contributed by atoms with Crippen LogP contribution in [0, 0.1) is 0 Å². The number of carbonyl (C=O) groups is 2. The highest BCUT2D eigenvalue weighted by Gasteiger charge is 2.14. The van der Waals surface area contributed by atoms with Gasteiger partial charge in [0.2, 0.25) is 0 Å². The molecular weight excluding hydrogens is 186 g/mol. The number of hydrogen-bond donors (Lipinski definition) is 3. The summed E-state index contributed by atoms with van der Waals surface area (Å²) >= 11 is 0. The highest BCUT2D eigenvalue weighted by Crippen LogP contribution is 2.05. The molecule has 14 heavy (non-hydrogen) atoms. The van der Waals surface area contributed by atoms with E-state index in [1.807, 2.05) is 5.32 Å². The van der Waals surface area contributed by atoms with E-state index in [2.05, 4.69) is 5.32 Å². The van der Waals surface area contributed by atoms with E-state index in [0.29, 0.717) is 0 Å². The van der Waals surface area contributed by atoms with Gasteiger partial charge in [-0.25, -0.2) is 4.79 Å². The molecule has 0 radical (unpaired) electrons. The van der Waals surface area contributed by atoms with Gasteiger partial charge in [0.15, 0.2) is 0 Å². The van der Waals surface area contributed by atoms with E-state index < -0.39 is 11.9 Å². The van der Waals surface area contributed by atoms with Crippen LogP contribution in [0.4, 0.5) is 4.79 Å². The summed E-state index contributed by atoms with van der Waals surface area (Å²) in [5, 5.41) is 5.09. The van der Waals surface area contributed by atoms with E-state index in [0.717, 1.165) is 25.9 Å². The van der Waals surface area contributed by atoms with E-state index >= 15 is 0 Å². The molecule has 1 atom stereocenters. The predicted octanol–water partition coefficient (Wildman–Crippen LogP) is -1.05. The van der Waals surface area contributed by atoms with Gasteiger partial charge in [0.25, 0.3) is 5.91 Å². The summed E-state index contributed by atoms with van der Waals surface area (Å²) in [6.45, 7) is 1.63. The predicted molar refractivity (Wildman–Crippen MR) is 49.6 cm³/mol. The minimum Gasteiger partial charge on any atom is -0.367 e. The SMILES string of the molecule is NC(=O)NC(=O)COC1CCCNC1. The minimum atomic E-state index is -0.847. The number of amides is 3. The first-order chi connectivity index (χ1) is 6.68. The Kier molecular flexibility index (Phi) is 4.34. The standard InChI is InChI=1S/C8H15N3O3/c9-8(13)11-7(12)5-14-6-2-1-3-10-4-6/h6,10H,1-5H2,(H3,9,11,12,13). The van der Waals surface area contributed by atoms with Gasteiger partial charge in [0.1, 0.15) is 6.61 Å². The Bertz CT molecular complexity index is 214. The fourth-order valence-electron chi connectivity index (χ4n) is 1.33. The largest absolute Gasteiger partial charge is 0.367 e. The van der Waals surface area contributed by atoms with Gasteiger partial charge in [-0.05, 0) is 19.4 Å². The van der Waals surface area contributed by atoms with Crippen molar-refractivity contribution >= 4 is 11.9 Å². The highest BCUT2D eigenvalue weighted by atomic mass is 16.5. The maximum absolute atomic E-state index is 10.9. The Hall–Kier alpha value is -1.14. The molecule has 1 fully saturated rings. The maximum Gasteiger partial charge on any atom is 0.318 e. The van der Waals surface area contributed by atoms with Crippen LogP contribution in [0.3, 0.4) is 0 Å². The van der Waals surface area contributed by atoms with Crippen LogP contribution in [0.1, 0.15) is 12.8 Å². The summed E-state index contributed by atoms with van der Waals surface area (Å²) in [7, 11) is 0. The lowest BCUT2D eigenvalue weighted by Gasteiger charge is -2.22. The van der Waals surface area contributed by atoms with Crippen molar-refractivity contribution in [1.82, 2.24) is 10.6 Å². The van der Waals surface area contributed by atoms with Crippen LogP contribution in [0.25, 0.3) is 0 Å². The molecule has 80 valence electrons. The average molecular weight is 201 g/mol. The van der Waals surface area contributed by atoms with Crippen LogP contribution < -0.4 is 16.4 Å². The molecule has 6 heteroatoms. The molecule has 0 saturated carbocycles. The molecule has 3 amide bonds. The second kappa shape index (κ2) is 5.56. The van der Waals surface area contributed by atoms with E-state index in [1.54, 1.807) is 0 Å². The fraction of sp³-hybridized carbons (Fsp3) is 0.750. The first kappa shape index (κ1) is 10.9. The Labute approximate surface area is 82.2 Å². The van der Waals surface area contributed by atoms with E-state index in [9.17, 15) is 9.59 Å². The molecule has 1 rings (SSSR count). The van der Waals surface area contributed by atoms with Crippen LogP contribution in [0.15, 0.2) is 0 Å². The van der Waals surface area contributed by atoms with Crippen molar-refractivity contribution < 1.29 is 14.3 Å². The maximum atomic E-state index is 10.9. The lowest BCUT2D eigenvalue weighted by molar-refractivity contribution is -0.126. The normalized spacial score (nSPS) is 21.6. The lowest BCUT2D eigenvalue weighted by atomic mass is 10.1. The average Bonchev–Trinajstić information content (AvgIpc) is 2.15. The van der Waals surface area contributed by atoms with Crippen molar-refractivity contribution in [2.45, 2.75) is 18.9 Å². The van der Waals surface area contributed by atoms with Gasteiger partial charge in [0, 0.05) is 6.54 Å². The Morgan fingerprint density at radius 2 is 2.36 bits per heavy atom. The summed E-state index contributed by atoms with van der Waals surface area (Å²) in [6, 6.07) is -0.847. The molecule has 1 heterocycles. The number of primary amides is 1. The molecule has 4 N–H and O–H groups in total. The second-order valence-corrected chi connectivity index (χ2v) is 3.19. The van der Waals surface area contributed by atoms with E-state index in [1.165, 1.54) is 0 Å². The van der Waals surface area contributed by atoms with Crippen LogP contribution in [-0.2, 0) is 9.53 Å².